The molecule has 0 radical (unpaired) electrons. The number of nitrogens with zero attached hydrogens (tertiary/aromatic N) is 2. The summed E-state index contributed by atoms with van der Waals surface area (Å²) in [5.74, 6) is 0. The number of hydrogen-bond donors (Lipinski definition) is 0. The number of benzene rings is 14. The van der Waals surface area contributed by atoms with Crippen LogP contribution in [0.4, 0.5) is 34.1 Å². The lowest BCUT2D eigenvalue weighted by atomic mass is 9.64. The largest absolute Gasteiger partial charge is 0.309 e. The number of anilines is 6. The second-order valence-electron chi connectivity index (χ2n) is 31.2. The summed E-state index contributed by atoms with van der Waals surface area (Å²) in [6.45, 7) is 20.0. The van der Waals surface area contributed by atoms with Gasteiger partial charge in [0.1, 0.15) is 0 Å². The maximum atomic E-state index is 2.66. The maximum Gasteiger partial charge on any atom is 0.0544 e. The zero-order valence-electron chi connectivity index (χ0n) is 57.9. The van der Waals surface area contributed by atoms with Crippen LogP contribution in [-0.2, 0) is 21.7 Å². The van der Waals surface area contributed by atoms with Gasteiger partial charge in [-0.15, -0.1) is 45.3 Å². The Bertz CT molecular complexity index is 5990. The summed E-state index contributed by atoms with van der Waals surface area (Å²) in [4.78, 5) is 5.32. The van der Waals surface area contributed by atoms with Crippen LogP contribution >= 0.6 is 45.3 Å². The van der Waals surface area contributed by atoms with E-state index in [1.807, 2.05) is 45.3 Å². The molecule has 4 aliphatic heterocycles. The van der Waals surface area contributed by atoms with Gasteiger partial charge in [0.15, 0.2) is 0 Å². The summed E-state index contributed by atoms with van der Waals surface area (Å²) in [6, 6.07) is 104. The van der Waals surface area contributed by atoms with Crippen molar-refractivity contribution in [2.45, 2.75) is 77.0 Å². The molecular weight excluding hydrogens is 1310 g/mol. The van der Waals surface area contributed by atoms with Crippen LogP contribution in [0.5, 0.6) is 0 Å². The van der Waals surface area contributed by atoms with Crippen molar-refractivity contribution in [1.29, 1.82) is 0 Å². The molecule has 22 rings (SSSR count). The molecule has 18 aromatic rings. The second kappa shape index (κ2) is 20.6. The fraction of sp³-hybridized carbons (Fsp3) is 0.125. The molecule has 486 valence electrons. The van der Waals surface area contributed by atoms with E-state index >= 15 is 0 Å². The van der Waals surface area contributed by atoms with Gasteiger partial charge in [0, 0.05) is 102 Å². The van der Waals surface area contributed by atoms with Crippen LogP contribution in [0.15, 0.2) is 267 Å². The highest BCUT2D eigenvalue weighted by Gasteiger charge is 2.49. The monoisotopic (exact) mass is 1380 g/mol. The van der Waals surface area contributed by atoms with Crippen molar-refractivity contribution < 1.29 is 0 Å². The second-order valence-corrected chi connectivity index (χ2v) is 35.5. The first kappa shape index (κ1) is 59.3. The molecule has 0 fully saturated rings. The van der Waals surface area contributed by atoms with E-state index in [2.05, 4.69) is 332 Å². The minimum absolute atomic E-state index is 0.410. The SMILES string of the molecule is CC1(C)c2cc(-c3ccc4sc5ccccc5c4c3)ccc2N2c3ccc(-c4ccc5sc6ccccc6c5c4)cc3C(C)(C)c3cc(-c4cc5c6c(c4)C(C)(C)c4cc(-c7ccc8sc9ccccc9c8c7)ccc4N6c4ccc(-c6ccc7sc8ccccc8c7c6)cc4C5(C)C)cc1c32. The van der Waals surface area contributed by atoms with Crippen molar-refractivity contribution in [3.63, 3.8) is 0 Å². The first-order valence-corrected chi connectivity index (χ1v) is 39.0. The molecule has 0 unspecified atom stereocenters. The molecule has 4 aliphatic rings. The van der Waals surface area contributed by atoms with E-state index in [-0.39, 0.29) is 0 Å². The third-order valence-corrected chi connectivity index (χ3v) is 28.8. The Morgan fingerprint density at radius 2 is 0.382 bits per heavy atom. The highest BCUT2D eigenvalue weighted by Crippen LogP contribution is 2.65. The summed E-state index contributed by atoms with van der Waals surface area (Å²) in [6.07, 6.45) is 0. The van der Waals surface area contributed by atoms with Crippen LogP contribution < -0.4 is 9.80 Å². The first-order chi connectivity index (χ1) is 49.5. The van der Waals surface area contributed by atoms with Gasteiger partial charge in [-0.1, -0.05) is 177 Å². The molecule has 6 heteroatoms. The van der Waals surface area contributed by atoms with Gasteiger partial charge in [0.05, 0.1) is 34.1 Å². The van der Waals surface area contributed by atoms with E-state index in [1.54, 1.807) is 0 Å². The standard InChI is InChI=1S/C96H68N2S4/c1-93(2)71-45-57(53-29-37-87-67(41-53)63-17-9-13-21-83(63)99-87)25-33-79(71)97-80-34-26-58(54-30-38-88-68(42-54)64-18-10-14-22-84(64)100-88)46-72(80)94(3,4)76-50-61(49-75(93)91(76)97)62-51-77-92-78(52-62)96(7,8)74-48-60(56-32-40-90-70(44-56)66-20-12-16-24-86(66)102-90)28-36-82(74)98(92)81-35-27-59(47-73(81)95(77,5)6)55-31-39-89-69(43-55)65-19-11-15-23-85(65)101-89/h9-52H,1-8H3. The fourth-order valence-electron chi connectivity index (χ4n) is 18.6. The van der Waals surface area contributed by atoms with E-state index in [0.29, 0.717) is 0 Å². The van der Waals surface area contributed by atoms with Gasteiger partial charge in [0.2, 0.25) is 0 Å². The van der Waals surface area contributed by atoms with Gasteiger partial charge in [-0.3, -0.25) is 0 Å². The Morgan fingerprint density at radius 1 is 0.186 bits per heavy atom. The molecule has 0 saturated heterocycles. The van der Waals surface area contributed by atoms with E-state index in [4.69, 9.17) is 0 Å². The zero-order chi connectivity index (χ0) is 68.2. The van der Waals surface area contributed by atoms with E-state index in [9.17, 15) is 0 Å². The molecule has 0 bridgehead atoms. The first-order valence-electron chi connectivity index (χ1n) is 35.7. The van der Waals surface area contributed by atoms with Gasteiger partial charge in [-0.2, -0.15) is 0 Å². The van der Waals surface area contributed by atoms with E-state index in [0.717, 1.165) is 0 Å². The highest BCUT2D eigenvalue weighted by atomic mass is 32.1. The van der Waals surface area contributed by atoms with Gasteiger partial charge >= 0.3 is 0 Å². The molecule has 0 aliphatic carbocycles. The Labute approximate surface area is 609 Å². The molecule has 0 N–H and O–H groups in total. The average Bonchev–Trinajstić information content (AvgIpc) is 0.866. The van der Waals surface area contributed by atoms with Crippen molar-refractivity contribution in [2.24, 2.45) is 0 Å². The molecule has 2 nitrogen and oxygen atoms in total. The summed E-state index contributed by atoms with van der Waals surface area (Å²) in [7, 11) is 0. The normalized spacial score (nSPS) is 15.5. The lowest BCUT2D eigenvalue weighted by molar-refractivity contribution is 0.596. The number of rotatable bonds is 5. The zero-order valence-corrected chi connectivity index (χ0v) is 61.2. The molecule has 102 heavy (non-hydrogen) atoms. The van der Waals surface area contributed by atoms with Crippen LogP contribution in [-0.4, -0.2) is 0 Å². The number of fused-ring (bicyclic) bond motifs is 20. The highest BCUT2D eigenvalue weighted by molar-refractivity contribution is 7.27. The third-order valence-electron chi connectivity index (χ3n) is 24.2. The Morgan fingerprint density at radius 3 is 0.627 bits per heavy atom. The van der Waals surface area contributed by atoms with Gasteiger partial charge in [-0.25, -0.2) is 0 Å². The predicted octanol–water partition coefficient (Wildman–Crippen LogP) is 29.0. The molecule has 0 spiro atoms. The van der Waals surface area contributed by atoms with Crippen LogP contribution in [0.25, 0.3) is 136 Å². The van der Waals surface area contributed by atoms with E-state index in [1.165, 1.54) is 215 Å². The smallest absolute Gasteiger partial charge is 0.0544 e. The lowest BCUT2D eigenvalue weighted by Crippen LogP contribution is -2.38. The van der Waals surface area contributed by atoms with Crippen molar-refractivity contribution in [1.82, 2.24) is 0 Å². The Kier molecular flexibility index (Phi) is 12.0. The van der Waals surface area contributed by atoms with Crippen molar-refractivity contribution in [2.75, 3.05) is 9.80 Å². The topological polar surface area (TPSA) is 6.48 Å². The number of hydrogen-bond acceptors (Lipinski definition) is 6. The van der Waals surface area contributed by atoms with Crippen molar-refractivity contribution in [3.05, 3.63) is 311 Å². The van der Waals surface area contributed by atoms with Crippen LogP contribution in [0.1, 0.15) is 99.9 Å². The van der Waals surface area contributed by atoms with Crippen molar-refractivity contribution in [3.8, 4) is 55.6 Å². The molecule has 0 saturated carbocycles. The Balaban J connectivity index is 0.763. The molecule has 8 heterocycles. The quantitative estimate of drug-likeness (QED) is 0.169. The summed E-state index contributed by atoms with van der Waals surface area (Å²) in [5.41, 5.74) is 29.0. The number of thiophene rings is 4. The Hall–Kier alpha value is -10.4. The minimum atomic E-state index is -0.410. The molecular formula is C96H68N2S4. The fourth-order valence-corrected chi connectivity index (χ4v) is 22.9. The maximum absolute atomic E-state index is 2.66. The van der Waals surface area contributed by atoms with Crippen LogP contribution in [0.3, 0.4) is 0 Å². The summed E-state index contributed by atoms with van der Waals surface area (Å²) < 4.78 is 10.6. The van der Waals surface area contributed by atoms with Gasteiger partial charge < -0.3 is 9.80 Å². The van der Waals surface area contributed by atoms with Gasteiger partial charge in [0.25, 0.3) is 0 Å². The van der Waals surface area contributed by atoms with Crippen LogP contribution in [0, 0.1) is 0 Å². The minimum Gasteiger partial charge on any atom is -0.309 e. The van der Waals surface area contributed by atoms with Gasteiger partial charge in [-0.05, 0) is 246 Å². The molecule has 4 aromatic heterocycles. The molecule has 0 amide bonds. The molecule has 14 aromatic carbocycles. The average molecular weight is 1380 g/mol. The lowest BCUT2D eigenvalue weighted by Gasteiger charge is -2.50. The van der Waals surface area contributed by atoms with E-state index < -0.39 is 21.7 Å². The van der Waals surface area contributed by atoms with Crippen molar-refractivity contribution >= 4 is 160 Å². The summed E-state index contributed by atoms with van der Waals surface area (Å²) in [5, 5.41) is 10.6. The molecule has 0 atom stereocenters. The summed E-state index contributed by atoms with van der Waals surface area (Å²) >= 11 is 7.54. The van der Waals surface area contributed by atoms with Crippen LogP contribution in [0.2, 0.25) is 0 Å². The third kappa shape index (κ3) is 8.15. The predicted molar refractivity (Wildman–Crippen MR) is 443 cm³/mol.